The van der Waals surface area contributed by atoms with Crippen LogP contribution in [0.1, 0.15) is 97.8 Å². The maximum absolute atomic E-state index is 12.1. The quantitative estimate of drug-likeness (QED) is 0.206. The van der Waals surface area contributed by atoms with Crippen molar-refractivity contribution in [3.63, 3.8) is 0 Å². The van der Waals surface area contributed by atoms with Crippen LogP contribution in [0.25, 0.3) is 0 Å². The highest BCUT2D eigenvalue weighted by molar-refractivity contribution is 5.76. The fourth-order valence-corrected chi connectivity index (χ4v) is 9.09. The SMILES string of the molecule is COC(=O)CCCNC[C@@H](C)[C@H]1CC[C@H]2[C@@H]3CC=C4C[C@@H](OC(=O)CCC(=O)O)CC[C@]4(C)[C@H]3CC[C@]12C. The zero-order valence-electron chi connectivity index (χ0n) is 23.9. The van der Waals surface area contributed by atoms with Gasteiger partial charge in [-0.3, -0.25) is 14.4 Å². The highest BCUT2D eigenvalue weighted by Crippen LogP contribution is 2.67. The van der Waals surface area contributed by atoms with Gasteiger partial charge in [0.2, 0.25) is 0 Å². The second-order valence-electron chi connectivity index (χ2n) is 13.1. The van der Waals surface area contributed by atoms with E-state index in [1.165, 1.54) is 38.4 Å². The molecule has 0 heterocycles. The minimum Gasteiger partial charge on any atom is -0.481 e. The van der Waals surface area contributed by atoms with Crippen LogP contribution in [-0.2, 0) is 23.9 Å². The van der Waals surface area contributed by atoms with Crippen LogP contribution < -0.4 is 5.32 Å². The first-order chi connectivity index (χ1) is 18.1. The van der Waals surface area contributed by atoms with Crippen LogP contribution in [0.2, 0.25) is 0 Å². The fourth-order valence-electron chi connectivity index (χ4n) is 9.09. The number of ether oxygens (including phenoxy) is 2. The minimum atomic E-state index is -0.959. The molecule has 2 N–H and O–H groups in total. The Morgan fingerprint density at radius 1 is 1.05 bits per heavy atom. The second-order valence-corrected chi connectivity index (χ2v) is 13.1. The smallest absolute Gasteiger partial charge is 0.306 e. The molecule has 38 heavy (non-hydrogen) atoms. The number of hydrogen-bond acceptors (Lipinski definition) is 6. The van der Waals surface area contributed by atoms with Crippen LogP contribution in [-0.4, -0.2) is 49.3 Å². The normalized spacial score (nSPS) is 36.7. The van der Waals surface area contributed by atoms with E-state index in [0.717, 1.165) is 62.9 Å². The summed E-state index contributed by atoms with van der Waals surface area (Å²) in [7, 11) is 1.45. The number of rotatable bonds is 11. The van der Waals surface area contributed by atoms with Crippen LogP contribution in [0.4, 0.5) is 0 Å². The molecule has 0 bridgehead atoms. The number of aliphatic carboxylic acids is 1. The first-order valence-corrected chi connectivity index (χ1v) is 15.0. The van der Waals surface area contributed by atoms with E-state index in [-0.39, 0.29) is 36.3 Å². The number of carbonyl (C=O) groups excluding carboxylic acids is 2. The Kier molecular flexibility index (Phi) is 9.26. The largest absolute Gasteiger partial charge is 0.481 e. The number of fused-ring (bicyclic) bond motifs is 5. The first-order valence-electron chi connectivity index (χ1n) is 15.0. The van der Waals surface area contributed by atoms with Crippen LogP contribution in [0.15, 0.2) is 11.6 Å². The first kappa shape index (κ1) is 29.1. The van der Waals surface area contributed by atoms with Crippen molar-refractivity contribution in [3.8, 4) is 0 Å². The number of carboxylic acids is 1. The molecule has 0 aromatic carbocycles. The topological polar surface area (TPSA) is 102 Å². The lowest BCUT2D eigenvalue weighted by Gasteiger charge is -2.58. The van der Waals surface area contributed by atoms with Gasteiger partial charge >= 0.3 is 17.9 Å². The summed E-state index contributed by atoms with van der Waals surface area (Å²) >= 11 is 0. The number of allylic oxidation sites excluding steroid dienone is 1. The Morgan fingerprint density at radius 3 is 2.58 bits per heavy atom. The molecule has 4 aliphatic carbocycles. The van der Waals surface area contributed by atoms with E-state index in [2.05, 4.69) is 32.2 Å². The Hall–Kier alpha value is -1.89. The number of esters is 2. The highest BCUT2D eigenvalue weighted by atomic mass is 16.5. The lowest BCUT2D eigenvalue weighted by atomic mass is 9.47. The number of carboxylic acid groups (broad SMARTS) is 1. The van der Waals surface area contributed by atoms with Gasteiger partial charge in [0.25, 0.3) is 0 Å². The van der Waals surface area contributed by atoms with Gasteiger partial charge in [-0.25, -0.2) is 0 Å². The Morgan fingerprint density at radius 2 is 1.84 bits per heavy atom. The Labute approximate surface area is 228 Å². The number of methoxy groups -OCH3 is 1. The van der Waals surface area contributed by atoms with Crippen molar-refractivity contribution in [2.75, 3.05) is 20.2 Å². The molecule has 0 unspecified atom stereocenters. The molecule has 3 fully saturated rings. The van der Waals surface area contributed by atoms with Gasteiger partial charge in [-0.15, -0.1) is 0 Å². The van der Waals surface area contributed by atoms with E-state index in [1.807, 2.05) is 0 Å². The van der Waals surface area contributed by atoms with Crippen molar-refractivity contribution >= 4 is 17.9 Å². The van der Waals surface area contributed by atoms with Crippen LogP contribution in [0.5, 0.6) is 0 Å². The van der Waals surface area contributed by atoms with Crippen molar-refractivity contribution in [1.82, 2.24) is 5.32 Å². The maximum atomic E-state index is 12.1. The van der Waals surface area contributed by atoms with Gasteiger partial charge in [0.1, 0.15) is 6.10 Å². The molecule has 0 aromatic heterocycles. The van der Waals surface area contributed by atoms with Crippen LogP contribution in [0, 0.1) is 40.4 Å². The van der Waals surface area contributed by atoms with Gasteiger partial charge in [0.15, 0.2) is 0 Å². The summed E-state index contributed by atoms with van der Waals surface area (Å²) in [6.07, 6.45) is 12.6. The second kappa shape index (κ2) is 12.1. The minimum absolute atomic E-state index is 0.0459. The lowest BCUT2D eigenvalue weighted by molar-refractivity contribution is -0.154. The third-order valence-electron chi connectivity index (χ3n) is 11.1. The van der Waals surface area contributed by atoms with Gasteiger partial charge in [-0.05, 0) is 105 Å². The summed E-state index contributed by atoms with van der Waals surface area (Å²) in [5, 5.41) is 12.4. The molecule has 0 aromatic rings. The molecule has 0 aliphatic heterocycles. The van der Waals surface area contributed by atoms with Crippen molar-refractivity contribution in [1.29, 1.82) is 0 Å². The number of nitrogens with one attached hydrogen (secondary N) is 1. The van der Waals surface area contributed by atoms with E-state index >= 15 is 0 Å². The monoisotopic (exact) mass is 531 g/mol. The van der Waals surface area contributed by atoms with Crippen molar-refractivity contribution in [2.24, 2.45) is 40.4 Å². The van der Waals surface area contributed by atoms with Gasteiger partial charge in [-0.1, -0.05) is 32.4 Å². The van der Waals surface area contributed by atoms with Crippen LogP contribution >= 0.6 is 0 Å². The van der Waals surface area contributed by atoms with Crippen LogP contribution in [0.3, 0.4) is 0 Å². The molecular formula is C31H49NO6. The number of hydrogen-bond donors (Lipinski definition) is 2. The predicted octanol–water partition coefficient (Wildman–Crippen LogP) is 5.52. The third kappa shape index (κ3) is 5.97. The average Bonchev–Trinajstić information content (AvgIpc) is 3.24. The average molecular weight is 532 g/mol. The summed E-state index contributed by atoms with van der Waals surface area (Å²) in [6.45, 7) is 9.33. The molecule has 214 valence electrons. The molecule has 0 radical (unpaired) electrons. The van der Waals surface area contributed by atoms with Gasteiger partial charge < -0.3 is 19.9 Å². The fraction of sp³-hybridized carbons (Fsp3) is 0.839. The van der Waals surface area contributed by atoms with Crippen molar-refractivity contribution in [3.05, 3.63) is 11.6 Å². The maximum Gasteiger partial charge on any atom is 0.306 e. The Balaban J connectivity index is 1.34. The molecule has 8 atom stereocenters. The van der Waals surface area contributed by atoms with E-state index in [4.69, 9.17) is 14.6 Å². The molecule has 7 nitrogen and oxygen atoms in total. The molecule has 4 rings (SSSR count). The zero-order valence-corrected chi connectivity index (χ0v) is 23.9. The van der Waals surface area contributed by atoms with Crippen molar-refractivity contribution < 1.29 is 29.0 Å². The summed E-state index contributed by atoms with van der Waals surface area (Å²) < 4.78 is 10.4. The standard InChI is InChI=1S/C31H49NO6/c1-20(19-32-17-5-6-28(35)37-4)24-9-10-25-23-8-7-21-18-22(38-29(36)12-11-27(33)34)13-15-30(21,2)26(23)14-16-31(24,25)3/h7,20,22-26,32H,5-6,8-19H2,1-4H3,(H,33,34)/t20-,22+,23+,24-,25+,26+,30+,31-/m1/s1. The molecular weight excluding hydrogens is 482 g/mol. The summed E-state index contributed by atoms with van der Waals surface area (Å²) in [4.78, 5) is 34.3. The molecule has 0 amide bonds. The molecule has 7 heteroatoms. The predicted molar refractivity (Wildman–Crippen MR) is 145 cm³/mol. The molecule has 4 aliphatic rings. The molecule has 0 saturated heterocycles. The van der Waals surface area contributed by atoms with E-state index in [0.29, 0.717) is 23.7 Å². The van der Waals surface area contributed by atoms with E-state index < -0.39 is 5.97 Å². The number of carbonyl (C=O) groups is 3. The van der Waals surface area contributed by atoms with E-state index in [9.17, 15) is 14.4 Å². The third-order valence-corrected chi connectivity index (χ3v) is 11.1. The summed E-state index contributed by atoms with van der Waals surface area (Å²) in [6, 6.07) is 0. The molecule has 3 saturated carbocycles. The van der Waals surface area contributed by atoms with Crippen molar-refractivity contribution in [2.45, 2.75) is 104 Å². The Bertz CT molecular complexity index is 916. The van der Waals surface area contributed by atoms with Gasteiger partial charge in [0, 0.05) is 12.8 Å². The molecule has 0 spiro atoms. The zero-order chi connectivity index (χ0) is 27.5. The lowest BCUT2D eigenvalue weighted by Crippen LogP contribution is -2.51. The summed E-state index contributed by atoms with van der Waals surface area (Å²) in [5.41, 5.74) is 2.06. The highest BCUT2D eigenvalue weighted by Gasteiger charge is 2.59. The van der Waals surface area contributed by atoms with E-state index in [1.54, 1.807) is 0 Å². The van der Waals surface area contributed by atoms with Gasteiger partial charge in [0.05, 0.1) is 20.0 Å². The van der Waals surface area contributed by atoms with Gasteiger partial charge in [-0.2, -0.15) is 0 Å². The summed E-state index contributed by atoms with van der Waals surface area (Å²) in [5.74, 6) is 2.10.